The Hall–Kier alpha value is -3.36. The number of hydrogen-bond donors (Lipinski definition) is 1. The molecule has 3 aromatic rings. The summed E-state index contributed by atoms with van der Waals surface area (Å²) in [6.45, 7) is 7.97. The second kappa shape index (κ2) is 12.5. The van der Waals surface area contributed by atoms with Gasteiger partial charge in [-0.15, -0.1) is 0 Å². The fourth-order valence-electron chi connectivity index (χ4n) is 5.32. The topological polar surface area (TPSA) is 79.9 Å². The molecule has 0 bridgehead atoms. The van der Waals surface area contributed by atoms with Gasteiger partial charge in [0.1, 0.15) is 17.2 Å². The molecule has 8 nitrogen and oxygen atoms in total. The summed E-state index contributed by atoms with van der Waals surface area (Å²) in [6.07, 6.45) is 4.29. The zero-order valence-electron chi connectivity index (χ0n) is 22.4. The van der Waals surface area contributed by atoms with Crippen LogP contribution in [0.4, 0.5) is 0 Å². The van der Waals surface area contributed by atoms with E-state index in [0.717, 1.165) is 86.2 Å². The third-order valence-corrected chi connectivity index (χ3v) is 7.42. The van der Waals surface area contributed by atoms with Crippen molar-refractivity contribution < 1.29 is 19.0 Å². The molecule has 1 aromatic heterocycles. The summed E-state index contributed by atoms with van der Waals surface area (Å²) >= 11 is 0. The Balaban J connectivity index is 1.40. The number of aromatic amines is 1. The Labute approximate surface area is 224 Å². The molecule has 1 atom stereocenters. The van der Waals surface area contributed by atoms with Gasteiger partial charge in [-0.05, 0) is 54.8 Å². The molecule has 2 aliphatic rings. The number of unbranched alkanes of at least 4 members (excludes halogenated alkanes) is 2. The Morgan fingerprint density at radius 1 is 0.974 bits per heavy atom. The van der Waals surface area contributed by atoms with Crippen LogP contribution in [0.2, 0.25) is 0 Å². The van der Waals surface area contributed by atoms with E-state index < -0.39 is 0 Å². The predicted molar refractivity (Wildman–Crippen MR) is 147 cm³/mol. The van der Waals surface area contributed by atoms with Crippen molar-refractivity contribution in [3.63, 3.8) is 0 Å². The number of carbonyl (C=O) groups excluding carboxylic acids is 1. The number of amides is 1. The molecule has 1 saturated heterocycles. The molecule has 1 amide bonds. The number of benzene rings is 2. The number of nitrogens with zero attached hydrogens (tertiary/aromatic N) is 3. The summed E-state index contributed by atoms with van der Waals surface area (Å²) in [7, 11) is 1.65. The predicted octanol–water partition coefficient (Wildman–Crippen LogP) is 4.92. The highest BCUT2D eigenvalue weighted by Gasteiger charge is 2.42. The molecule has 0 saturated carbocycles. The molecular weight excluding hydrogens is 480 g/mol. The van der Waals surface area contributed by atoms with Gasteiger partial charge in [0.2, 0.25) is 0 Å². The first-order valence-electron chi connectivity index (χ1n) is 13.8. The molecule has 5 rings (SSSR count). The molecule has 8 heteroatoms. The number of aromatic nitrogens is 2. The van der Waals surface area contributed by atoms with Crippen molar-refractivity contribution in [1.29, 1.82) is 0 Å². The molecule has 0 spiro atoms. The van der Waals surface area contributed by atoms with Gasteiger partial charge < -0.3 is 19.1 Å². The maximum atomic E-state index is 13.7. The average Bonchev–Trinajstić information content (AvgIpc) is 3.51. The van der Waals surface area contributed by atoms with Gasteiger partial charge in [-0.3, -0.25) is 14.8 Å². The van der Waals surface area contributed by atoms with Gasteiger partial charge in [0, 0.05) is 37.3 Å². The highest BCUT2D eigenvalue weighted by Crippen LogP contribution is 2.43. The van der Waals surface area contributed by atoms with Crippen LogP contribution in [-0.4, -0.2) is 79.0 Å². The molecule has 38 heavy (non-hydrogen) atoms. The van der Waals surface area contributed by atoms with Crippen molar-refractivity contribution in [1.82, 2.24) is 20.0 Å². The van der Waals surface area contributed by atoms with Crippen molar-refractivity contribution in [3.05, 3.63) is 65.4 Å². The number of morpholine rings is 1. The number of hydrogen-bond acceptors (Lipinski definition) is 6. The first kappa shape index (κ1) is 26.3. The standard InChI is InChI=1S/C30H38N4O4/c1-3-4-5-19-38-25-13-9-23(10-14-25)29-26-27(22-7-11-24(36-2)12-8-22)31-32-28(26)30(35)34(29)16-6-15-33-17-20-37-21-18-33/h7-14,29H,3-6,15-21H2,1-2H3,(H,31,32). The summed E-state index contributed by atoms with van der Waals surface area (Å²) in [6, 6.07) is 15.8. The number of fused-ring (bicyclic) bond motifs is 1. The van der Waals surface area contributed by atoms with Gasteiger partial charge >= 0.3 is 0 Å². The molecule has 1 unspecified atom stereocenters. The highest BCUT2D eigenvalue weighted by molar-refractivity contribution is 6.00. The number of carbonyl (C=O) groups is 1. The van der Waals surface area contributed by atoms with Crippen molar-refractivity contribution in [2.75, 3.05) is 53.1 Å². The average molecular weight is 519 g/mol. The largest absolute Gasteiger partial charge is 0.497 e. The van der Waals surface area contributed by atoms with Gasteiger partial charge in [-0.1, -0.05) is 31.9 Å². The van der Waals surface area contributed by atoms with Crippen LogP contribution < -0.4 is 9.47 Å². The lowest BCUT2D eigenvalue weighted by atomic mass is 9.96. The molecule has 0 aliphatic carbocycles. The smallest absolute Gasteiger partial charge is 0.273 e. The first-order chi connectivity index (χ1) is 18.7. The van der Waals surface area contributed by atoms with Gasteiger partial charge in [0.05, 0.1) is 38.7 Å². The summed E-state index contributed by atoms with van der Waals surface area (Å²) in [4.78, 5) is 18.1. The zero-order valence-corrected chi connectivity index (χ0v) is 22.4. The van der Waals surface area contributed by atoms with E-state index in [1.165, 1.54) is 12.8 Å². The van der Waals surface area contributed by atoms with Crippen LogP contribution in [0.15, 0.2) is 48.5 Å². The number of rotatable bonds is 12. The van der Waals surface area contributed by atoms with E-state index in [4.69, 9.17) is 14.2 Å². The van der Waals surface area contributed by atoms with Crippen LogP contribution in [0.5, 0.6) is 11.5 Å². The second-order valence-electron chi connectivity index (χ2n) is 9.92. The lowest BCUT2D eigenvalue weighted by Gasteiger charge is -2.29. The van der Waals surface area contributed by atoms with Crippen LogP contribution in [0.1, 0.15) is 60.3 Å². The molecule has 202 valence electrons. The van der Waals surface area contributed by atoms with Gasteiger partial charge in [-0.25, -0.2) is 0 Å². The summed E-state index contributed by atoms with van der Waals surface area (Å²) in [5.74, 6) is 1.64. The normalized spacial score (nSPS) is 17.6. The van der Waals surface area contributed by atoms with Crippen molar-refractivity contribution >= 4 is 5.91 Å². The minimum absolute atomic E-state index is 0.000804. The quantitative estimate of drug-likeness (QED) is 0.343. The van der Waals surface area contributed by atoms with Gasteiger partial charge in [0.15, 0.2) is 0 Å². The third-order valence-electron chi connectivity index (χ3n) is 7.42. The highest BCUT2D eigenvalue weighted by atomic mass is 16.5. The van der Waals surface area contributed by atoms with E-state index >= 15 is 0 Å². The minimum Gasteiger partial charge on any atom is -0.497 e. The molecular formula is C30H38N4O4. The van der Waals surface area contributed by atoms with Crippen LogP contribution in [0, 0.1) is 0 Å². The fourth-order valence-corrected chi connectivity index (χ4v) is 5.32. The van der Waals surface area contributed by atoms with E-state index in [1.54, 1.807) is 7.11 Å². The van der Waals surface area contributed by atoms with E-state index in [-0.39, 0.29) is 11.9 Å². The van der Waals surface area contributed by atoms with Crippen molar-refractivity contribution in [3.8, 4) is 22.8 Å². The van der Waals surface area contributed by atoms with Crippen LogP contribution in [0.3, 0.4) is 0 Å². The van der Waals surface area contributed by atoms with E-state index in [2.05, 4.69) is 34.2 Å². The Morgan fingerprint density at radius 3 is 2.42 bits per heavy atom. The zero-order chi connectivity index (χ0) is 26.3. The summed E-state index contributed by atoms with van der Waals surface area (Å²) in [5.41, 5.74) is 4.32. The molecule has 1 fully saturated rings. The Kier molecular flexibility index (Phi) is 8.61. The number of methoxy groups -OCH3 is 1. The van der Waals surface area contributed by atoms with Crippen LogP contribution in [0.25, 0.3) is 11.3 Å². The first-order valence-corrected chi connectivity index (χ1v) is 13.8. The number of H-pyrrole nitrogens is 1. The van der Waals surface area contributed by atoms with Crippen LogP contribution in [-0.2, 0) is 4.74 Å². The maximum Gasteiger partial charge on any atom is 0.273 e. The second-order valence-corrected chi connectivity index (χ2v) is 9.92. The van der Waals surface area contributed by atoms with Crippen LogP contribution >= 0.6 is 0 Å². The lowest BCUT2D eigenvalue weighted by Crippen LogP contribution is -2.38. The molecule has 3 heterocycles. The fraction of sp³-hybridized carbons (Fsp3) is 0.467. The molecule has 2 aliphatic heterocycles. The minimum atomic E-state index is -0.216. The molecule has 2 aromatic carbocycles. The Bertz CT molecular complexity index is 1190. The molecule has 0 radical (unpaired) electrons. The lowest BCUT2D eigenvalue weighted by molar-refractivity contribution is 0.0354. The van der Waals surface area contributed by atoms with E-state index in [0.29, 0.717) is 12.2 Å². The molecule has 1 N–H and O–H groups in total. The maximum absolute atomic E-state index is 13.7. The van der Waals surface area contributed by atoms with Crippen molar-refractivity contribution in [2.45, 2.75) is 38.6 Å². The van der Waals surface area contributed by atoms with E-state index in [1.807, 2.05) is 41.3 Å². The summed E-state index contributed by atoms with van der Waals surface area (Å²) < 4.78 is 16.8. The third kappa shape index (κ3) is 5.71. The Morgan fingerprint density at radius 2 is 1.71 bits per heavy atom. The monoisotopic (exact) mass is 518 g/mol. The number of nitrogens with one attached hydrogen (secondary N) is 1. The number of ether oxygens (including phenoxy) is 3. The SMILES string of the molecule is CCCCCOc1ccc(C2c3c(-c4ccc(OC)cc4)n[nH]c3C(=O)N2CCCN2CCOCC2)cc1. The summed E-state index contributed by atoms with van der Waals surface area (Å²) in [5, 5.41) is 7.65. The van der Waals surface area contributed by atoms with E-state index in [9.17, 15) is 4.79 Å². The van der Waals surface area contributed by atoms with Gasteiger partial charge in [0.25, 0.3) is 5.91 Å². The van der Waals surface area contributed by atoms with Gasteiger partial charge in [-0.2, -0.15) is 5.10 Å². The van der Waals surface area contributed by atoms with Crippen molar-refractivity contribution in [2.24, 2.45) is 0 Å².